The molecule has 0 aromatic heterocycles. The highest BCUT2D eigenvalue weighted by Crippen LogP contribution is 2.37. The van der Waals surface area contributed by atoms with Crippen LogP contribution in [-0.2, 0) is 4.79 Å². The van der Waals surface area contributed by atoms with E-state index in [1.165, 1.54) is 0 Å². The summed E-state index contributed by atoms with van der Waals surface area (Å²) in [5, 5.41) is 3.30. The highest BCUT2D eigenvalue weighted by Gasteiger charge is 2.32. The molecule has 1 unspecified atom stereocenters. The topological polar surface area (TPSA) is 32.3 Å². The van der Waals surface area contributed by atoms with E-state index < -0.39 is 0 Å². The van der Waals surface area contributed by atoms with Gasteiger partial charge in [-0.2, -0.15) is 0 Å². The number of carbonyl (C=O) groups excluding carboxylic acids is 1. The summed E-state index contributed by atoms with van der Waals surface area (Å²) >= 11 is 3.47. The second-order valence-electron chi connectivity index (χ2n) is 4.40. The van der Waals surface area contributed by atoms with Crippen LogP contribution in [0.2, 0.25) is 0 Å². The minimum atomic E-state index is -0.133. The molecule has 1 N–H and O–H groups in total. The Hall–Kier alpha value is -1.03. The molecule has 1 aromatic carbocycles. The van der Waals surface area contributed by atoms with E-state index in [1.54, 1.807) is 4.90 Å². The SMILES string of the molecule is CC(C)C1Nc2cccc(Br)c2N(C)C1=O. The summed E-state index contributed by atoms with van der Waals surface area (Å²) in [5.74, 6) is 0.400. The van der Waals surface area contributed by atoms with E-state index in [9.17, 15) is 4.79 Å². The molecule has 0 saturated carbocycles. The predicted octanol–water partition coefficient (Wildman–Crippen LogP) is 2.86. The van der Waals surface area contributed by atoms with Gasteiger partial charge in [-0.15, -0.1) is 0 Å². The smallest absolute Gasteiger partial charge is 0.249 e. The molecule has 4 heteroatoms. The van der Waals surface area contributed by atoms with Crippen LogP contribution in [0.5, 0.6) is 0 Å². The average molecular weight is 283 g/mol. The van der Waals surface area contributed by atoms with Gasteiger partial charge in [-0.05, 0) is 34.0 Å². The maximum atomic E-state index is 12.1. The van der Waals surface area contributed by atoms with Gasteiger partial charge in [0, 0.05) is 11.5 Å². The van der Waals surface area contributed by atoms with E-state index in [1.807, 2.05) is 39.1 Å². The Morgan fingerprint density at radius 3 is 2.75 bits per heavy atom. The molecule has 0 bridgehead atoms. The Kier molecular flexibility index (Phi) is 2.93. The van der Waals surface area contributed by atoms with Crippen molar-refractivity contribution < 1.29 is 4.79 Å². The van der Waals surface area contributed by atoms with E-state index in [-0.39, 0.29) is 17.9 Å². The Labute approximate surface area is 104 Å². The number of fused-ring (bicyclic) bond motifs is 1. The number of amides is 1. The number of halogens is 1. The zero-order valence-corrected chi connectivity index (χ0v) is 11.2. The molecule has 86 valence electrons. The van der Waals surface area contributed by atoms with Crippen molar-refractivity contribution in [2.75, 3.05) is 17.3 Å². The highest BCUT2D eigenvalue weighted by molar-refractivity contribution is 9.10. The van der Waals surface area contributed by atoms with E-state index in [4.69, 9.17) is 0 Å². The fourth-order valence-corrected chi connectivity index (χ4v) is 2.60. The van der Waals surface area contributed by atoms with Gasteiger partial charge in [0.15, 0.2) is 0 Å². The second kappa shape index (κ2) is 4.09. The van der Waals surface area contributed by atoms with Crippen molar-refractivity contribution in [2.45, 2.75) is 19.9 Å². The first-order chi connectivity index (χ1) is 7.52. The van der Waals surface area contributed by atoms with Crippen LogP contribution in [0.25, 0.3) is 0 Å². The molecule has 1 aromatic rings. The molecule has 1 heterocycles. The van der Waals surface area contributed by atoms with Gasteiger partial charge in [-0.3, -0.25) is 4.79 Å². The summed E-state index contributed by atoms with van der Waals surface area (Å²) in [6.45, 7) is 4.10. The average Bonchev–Trinajstić information content (AvgIpc) is 2.22. The summed E-state index contributed by atoms with van der Waals surface area (Å²) in [6, 6.07) is 5.78. The lowest BCUT2D eigenvalue weighted by molar-refractivity contribution is -0.120. The van der Waals surface area contributed by atoms with Gasteiger partial charge < -0.3 is 10.2 Å². The number of hydrogen-bond acceptors (Lipinski definition) is 2. The Balaban J connectivity index is 2.48. The molecule has 16 heavy (non-hydrogen) atoms. The maximum absolute atomic E-state index is 12.1. The van der Waals surface area contributed by atoms with Crippen molar-refractivity contribution in [1.82, 2.24) is 0 Å². The summed E-state index contributed by atoms with van der Waals surface area (Å²) in [5.41, 5.74) is 1.93. The van der Waals surface area contributed by atoms with E-state index in [0.717, 1.165) is 15.8 Å². The third-order valence-electron chi connectivity index (χ3n) is 2.90. The van der Waals surface area contributed by atoms with Gasteiger partial charge in [-0.1, -0.05) is 19.9 Å². The van der Waals surface area contributed by atoms with Crippen LogP contribution in [0.3, 0.4) is 0 Å². The fourth-order valence-electron chi connectivity index (χ4n) is 1.97. The van der Waals surface area contributed by atoms with Crippen LogP contribution in [0.1, 0.15) is 13.8 Å². The molecule has 1 aliphatic heterocycles. The Morgan fingerprint density at radius 2 is 2.12 bits per heavy atom. The number of likely N-dealkylation sites (N-methyl/N-ethyl adjacent to an activating group) is 1. The first-order valence-corrected chi connectivity index (χ1v) is 6.14. The van der Waals surface area contributed by atoms with Gasteiger partial charge in [-0.25, -0.2) is 0 Å². The van der Waals surface area contributed by atoms with E-state index in [2.05, 4.69) is 21.2 Å². The van der Waals surface area contributed by atoms with Gasteiger partial charge in [0.1, 0.15) is 6.04 Å². The molecule has 1 atom stereocenters. The van der Waals surface area contributed by atoms with Gasteiger partial charge in [0.2, 0.25) is 5.91 Å². The molecular weight excluding hydrogens is 268 g/mol. The van der Waals surface area contributed by atoms with Crippen LogP contribution < -0.4 is 10.2 Å². The van der Waals surface area contributed by atoms with E-state index >= 15 is 0 Å². The number of benzene rings is 1. The Bertz CT molecular complexity index is 431. The normalized spacial score (nSPS) is 19.7. The molecule has 2 rings (SSSR count). The molecule has 1 aliphatic rings. The largest absolute Gasteiger partial charge is 0.372 e. The minimum absolute atomic E-state index is 0.120. The second-order valence-corrected chi connectivity index (χ2v) is 5.25. The number of nitrogens with one attached hydrogen (secondary N) is 1. The van der Waals surface area contributed by atoms with E-state index in [0.29, 0.717) is 0 Å². The number of para-hydroxylation sites is 1. The molecule has 0 saturated heterocycles. The lowest BCUT2D eigenvalue weighted by atomic mass is 9.99. The van der Waals surface area contributed by atoms with Gasteiger partial charge >= 0.3 is 0 Å². The van der Waals surface area contributed by atoms with Crippen molar-refractivity contribution in [3.8, 4) is 0 Å². The zero-order chi connectivity index (χ0) is 11.9. The number of rotatable bonds is 1. The van der Waals surface area contributed by atoms with Crippen molar-refractivity contribution in [3.05, 3.63) is 22.7 Å². The summed E-state index contributed by atoms with van der Waals surface area (Å²) in [4.78, 5) is 13.8. The Morgan fingerprint density at radius 1 is 1.44 bits per heavy atom. The lowest BCUT2D eigenvalue weighted by Crippen LogP contribution is -2.48. The number of carbonyl (C=O) groups is 1. The van der Waals surface area contributed by atoms with Crippen LogP contribution in [-0.4, -0.2) is 19.0 Å². The van der Waals surface area contributed by atoms with Gasteiger partial charge in [0.05, 0.1) is 11.4 Å². The quantitative estimate of drug-likeness (QED) is 0.859. The standard InChI is InChI=1S/C12H15BrN2O/c1-7(2)10-12(16)15(3)11-8(13)5-4-6-9(11)14-10/h4-7,10,14H,1-3H3. The monoisotopic (exact) mass is 282 g/mol. The molecular formula is C12H15BrN2O. The molecule has 0 radical (unpaired) electrons. The van der Waals surface area contributed by atoms with Crippen LogP contribution in [0.15, 0.2) is 22.7 Å². The van der Waals surface area contributed by atoms with Crippen molar-refractivity contribution in [1.29, 1.82) is 0 Å². The first kappa shape index (κ1) is 11.5. The molecule has 1 amide bonds. The predicted molar refractivity (Wildman–Crippen MR) is 69.8 cm³/mol. The molecule has 0 fully saturated rings. The first-order valence-electron chi connectivity index (χ1n) is 5.35. The molecule has 3 nitrogen and oxygen atoms in total. The summed E-state index contributed by atoms with van der Waals surface area (Å²) < 4.78 is 0.940. The van der Waals surface area contributed by atoms with Crippen LogP contribution >= 0.6 is 15.9 Å². The summed E-state index contributed by atoms with van der Waals surface area (Å²) in [6.07, 6.45) is 0. The van der Waals surface area contributed by atoms with Crippen molar-refractivity contribution in [3.63, 3.8) is 0 Å². The molecule has 0 spiro atoms. The van der Waals surface area contributed by atoms with Gasteiger partial charge in [0.25, 0.3) is 0 Å². The zero-order valence-electron chi connectivity index (χ0n) is 9.62. The third-order valence-corrected chi connectivity index (χ3v) is 3.54. The minimum Gasteiger partial charge on any atom is -0.372 e. The lowest BCUT2D eigenvalue weighted by Gasteiger charge is -2.35. The number of hydrogen-bond donors (Lipinski definition) is 1. The number of nitrogens with zero attached hydrogens (tertiary/aromatic N) is 1. The maximum Gasteiger partial charge on any atom is 0.249 e. The molecule has 0 aliphatic carbocycles. The third kappa shape index (κ3) is 1.71. The van der Waals surface area contributed by atoms with Crippen LogP contribution in [0, 0.1) is 5.92 Å². The summed E-state index contributed by atoms with van der Waals surface area (Å²) in [7, 11) is 1.82. The van der Waals surface area contributed by atoms with Crippen molar-refractivity contribution >= 4 is 33.2 Å². The number of anilines is 2. The van der Waals surface area contributed by atoms with Crippen LogP contribution in [0.4, 0.5) is 11.4 Å². The fraction of sp³-hybridized carbons (Fsp3) is 0.417. The highest BCUT2D eigenvalue weighted by atomic mass is 79.9. The van der Waals surface area contributed by atoms with Crippen molar-refractivity contribution in [2.24, 2.45) is 5.92 Å².